The molecule has 16 heavy (non-hydrogen) atoms. The summed E-state index contributed by atoms with van der Waals surface area (Å²) >= 11 is 0. The van der Waals surface area contributed by atoms with Crippen molar-refractivity contribution in [3.8, 4) is 0 Å². The van der Waals surface area contributed by atoms with Gasteiger partial charge in [-0.3, -0.25) is 4.79 Å². The van der Waals surface area contributed by atoms with Crippen molar-refractivity contribution >= 4 is 15.7 Å². The molecule has 1 aromatic heterocycles. The zero-order valence-electron chi connectivity index (χ0n) is 8.68. The van der Waals surface area contributed by atoms with Gasteiger partial charge in [0.2, 0.25) is 5.91 Å². The number of sulfone groups is 1. The van der Waals surface area contributed by atoms with Gasteiger partial charge in [0.1, 0.15) is 11.5 Å². The number of carbonyl (C=O) groups excluding carboxylic acids is 1. The van der Waals surface area contributed by atoms with Gasteiger partial charge < -0.3 is 15.5 Å². The average molecular weight is 246 g/mol. The standard InChI is InChI=1S/C9H14N2O4S/c10-3-5-16(13,14)7-9(12)11-6-8-2-1-4-15-8/h1-2,4H,3,5-7,10H2,(H,11,12). The summed E-state index contributed by atoms with van der Waals surface area (Å²) < 4.78 is 27.5. The number of hydrogen-bond donors (Lipinski definition) is 2. The number of nitrogens with one attached hydrogen (secondary N) is 1. The van der Waals surface area contributed by atoms with E-state index in [0.29, 0.717) is 5.76 Å². The molecule has 3 N–H and O–H groups in total. The second-order valence-electron chi connectivity index (χ2n) is 3.24. The third-order valence-corrected chi connectivity index (χ3v) is 3.38. The molecule has 1 aromatic rings. The van der Waals surface area contributed by atoms with Crippen LogP contribution < -0.4 is 11.1 Å². The van der Waals surface area contributed by atoms with Crippen LogP contribution in [0, 0.1) is 0 Å². The van der Waals surface area contributed by atoms with Crippen molar-refractivity contribution in [2.24, 2.45) is 5.73 Å². The highest BCUT2D eigenvalue weighted by atomic mass is 32.2. The van der Waals surface area contributed by atoms with E-state index in [-0.39, 0.29) is 18.8 Å². The third kappa shape index (κ3) is 4.45. The Labute approximate surface area is 93.7 Å². The Balaban J connectivity index is 2.37. The lowest BCUT2D eigenvalue weighted by atomic mass is 10.4. The number of furan rings is 1. The maximum atomic E-state index is 11.3. The van der Waals surface area contributed by atoms with Crippen molar-refractivity contribution in [2.45, 2.75) is 6.54 Å². The quantitative estimate of drug-likeness (QED) is 0.689. The highest BCUT2D eigenvalue weighted by Crippen LogP contribution is 1.98. The van der Waals surface area contributed by atoms with Gasteiger partial charge in [0.15, 0.2) is 9.84 Å². The molecule has 7 heteroatoms. The predicted octanol–water partition coefficient (Wildman–Crippen LogP) is -0.731. The van der Waals surface area contributed by atoms with E-state index in [4.69, 9.17) is 10.2 Å². The van der Waals surface area contributed by atoms with Crippen LogP contribution in [0.15, 0.2) is 22.8 Å². The predicted molar refractivity (Wildman–Crippen MR) is 58.3 cm³/mol. The summed E-state index contributed by atoms with van der Waals surface area (Å²) in [5, 5.41) is 2.45. The molecule has 0 fully saturated rings. The highest BCUT2D eigenvalue weighted by molar-refractivity contribution is 7.92. The van der Waals surface area contributed by atoms with Crippen molar-refractivity contribution in [2.75, 3.05) is 18.1 Å². The molecule has 1 amide bonds. The van der Waals surface area contributed by atoms with Crippen molar-refractivity contribution in [1.82, 2.24) is 5.32 Å². The first-order valence-corrected chi connectivity index (χ1v) is 6.55. The smallest absolute Gasteiger partial charge is 0.235 e. The van der Waals surface area contributed by atoms with Gasteiger partial charge >= 0.3 is 0 Å². The molecule has 0 atom stereocenters. The molecule has 0 spiro atoms. The van der Waals surface area contributed by atoms with Crippen LogP contribution in [0.1, 0.15) is 5.76 Å². The fraction of sp³-hybridized carbons (Fsp3) is 0.444. The minimum absolute atomic E-state index is 0.0216. The maximum Gasteiger partial charge on any atom is 0.235 e. The molecule has 0 aromatic carbocycles. The second-order valence-corrected chi connectivity index (χ2v) is 5.42. The average Bonchev–Trinajstić information content (AvgIpc) is 2.66. The van der Waals surface area contributed by atoms with Crippen LogP contribution >= 0.6 is 0 Å². The fourth-order valence-electron chi connectivity index (χ4n) is 1.10. The first-order valence-electron chi connectivity index (χ1n) is 4.73. The summed E-state index contributed by atoms with van der Waals surface area (Å²) in [7, 11) is -3.39. The monoisotopic (exact) mass is 246 g/mol. The number of amides is 1. The van der Waals surface area contributed by atoms with Gasteiger partial charge in [0.25, 0.3) is 0 Å². The number of nitrogens with two attached hydrogens (primary N) is 1. The van der Waals surface area contributed by atoms with Crippen molar-refractivity contribution in [1.29, 1.82) is 0 Å². The SMILES string of the molecule is NCCS(=O)(=O)CC(=O)NCc1ccco1. The third-order valence-electron chi connectivity index (χ3n) is 1.82. The van der Waals surface area contributed by atoms with Crippen molar-refractivity contribution in [3.63, 3.8) is 0 Å². The second kappa shape index (κ2) is 5.66. The molecule has 0 aliphatic rings. The molecule has 0 saturated heterocycles. The van der Waals surface area contributed by atoms with E-state index in [2.05, 4.69) is 5.32 Å². The molecule has 6 nitrogen and oxygen atoms in total. The zero-order valence-corrected chi connectivity index (χ0v) is 9.50. The van der Waals surface area contributed by atoms with E-state index in [1.54, 1.807) is 12.1 Å². The molecule has 1 rings (SSSR count). The normalized spacial score (nSPS) is 11.3. The minimum Gasteiger partial charge on any atom is -0.467 e. The van der Waals surface area contributed by atoms with Crippen LogP contribution in [0.5, 0.6) is 0 Å². The molecule has 1 heterocycles. The van der Waals surface area contributed by atoms with Gasteiger partial charge in [-0.2, -0.15) is 0 Å². The Bertz CT molecular complexity index is 424. The van der Waals surface area contributed by atoms with Crippen molar-refractivity contribution < 1.29 is 17.6 Å². The van der Waals surface area contributed by atoms with Crippen LogP contribution in [0.4, 0.5) is 0 Å². The van der Waals surface area contributed by atoms with Crippen LogP contribution in [-0.4, -0.2) is 32.4 Å². The first-order chi connectivity index (χ1) is 7.53. The lowest BCUT2D eigenvalue weighted by molar-refractivity contribution is -0.118. The molecular formula is C9H14N2O4S. The van der Waals surface area contributed by atoms with Crippen LogP contribution in [0.25, 0.3) is 0 Å². The molecule has 0 aliphatic carbocycles. The molecule has 0 aliphatic heterocycles. The fourth-order valence-corrected chi connectivity index (χ4v) is 2.11. The van der Waals surface area contributed by atoms with Gasteiger partial charge in [-0.15, -0.1) is 0 Å². The molecule has 90 valence electrons. The molecule has 0 saturated carbocycles. The number of carbonyl (C=O) groups is 1. The van der Waals surface area contributed by atoms with E-state index in [1.165, 1.54) is 6.26 Å². The summed E-state index contributed by atoms with van der Waals surface area (Å²) in [6.07, 6.45) is 1.48. The maximum absolute atomic E-state index is 11.3. The number of hydrogen-bond acceptors (Lipinski definition) is 5. The Kier molecular flexibility index (Phi) is 4.51. The first kappa shape index (κ1) is 12.7. The lowest BCUT2D eigenvalue weighted by Gasteiger charge is -2.03. The van der Waals surface area contributed by atoms with E-state index in [9.17, 15) is 13.2 Å². The summed E-state index contributed by atoms with van der Waals surface area (Å²) in [6.45, 7) is 0.206. The summed E-state index contributed by atoms with van der Waals surface area (Å²) in [5.74, 6) is -0.694. The molecular weight excluding hydrogens is 232 g/mol. The minimum atomic E-state index is -3.39. The molecule has 0 unspecified atom stereocenters. The van der Waals surface area contributed by atoms with E-state index in [1.807, 2.05) is 0 Å². The summed E-state index contributed by atoms with van der Waals surface area (Å²) in [4.78, 5) is 11.3. The number of rotatable bonds is 6. The van der Waals surface area contributed by atoms with Crippen LogP contribution in [-0.2, 0) is 21.2 Å². The van der Waals surface area contributed by atoms with Gasteiger partial charge in [0.05, 0.1) is 18.6 Å². The zero-order chi connectivity index (χ0) is 12.0. The van der Waals surface area contributed by atoms with E-state index in [0.717, 1.165) is 0 Å². The van der Waals surface area contributed by atoms with E-state index < -0.39 is 21.5 Å². The van der Waals surface area contributed by atoms with Gasteiger partial charge in [-0.1, -0.05) is 0 Å². The largest absolute Gasteiger partial charge is 0.467 e. The summed E-state index contributed by atoms with van der Waals surface area (Å²) in [6, 6.07) is 3.38. The van der Waals surface area contributed by atoms with Crippen LogP contribution in [0.3, 0.4) is 0 Å². The Morgan fingerprint density at radius 1 is 1.50 bits per heavy atom. The Hall–Kier alpha value is -1.34. The molecule has 0 radical (unpaired) electrons. The van der Waals surface area contributed by atoms with Crippen molar-refractivity contribution in [3.05, 3.63) is 24.2 Å². The highest BCUT2D eigenvalue weighted by Gasteiger charge is 2.15. The van der Waals surface area contributed by atoms with Crippen LogP contribution in [0.2, 0.25) is 0 Å². The Morgan fingerprint density at radius 3 is 2.81 bits per heavy atom. The molecule has 0 bridgehead atoms. The topological polar surface area (TPSA) is 102 Å². The lowest BCUT2D eigenvalue weighted by Crippen LogP contribution is -2.32. The van der Waals surface area contributed by atoms with Gasteiger partial charge in [-0.05, 0) is 12.1 Å². The van der Waals surface area contributed by atoms with Gasteiger partial charge in [-0.25, -0.2) is 8.42 Å². The van der Waals surface area contributed by atoms with E-state index >= 15 is 0 Å². The Morgan fingerprint density at radius 2 is 2.25 bits per heavy atom. The summed E-state index contributed by atoms with van der Waals surface area (Å²) in [5.41, 5.74) is 5.12. The van der Waals surface area contributed by atoms with Gasteiger partial charge in [0, 0.05) is 6.54 Å².